The van der Waals surface area contributed by atoms with Crippen LogP contribution in [0.4, 0.5) is 5.69 Å². The van der Waals surface area contributed by atoms with Crippen LogP contribution in [0.1, 0.15) is 26.3 Å². The molecule has 0 aliphatic rings. The Labute approximate surface area is 136 Å². The number of benzene rings is 1. The molecule has 0 saturated heterocycles. The van der Waals surface area contributed by atoms with E-state index >= 15 is 0 Å². The first-order valence-electron chi connectivity index (χ1n) is 7.11. The molecule has 0 aliphatic carbocycles. The Hall–Kier alpha value is -0.920. The average Bonchev–Trinajstić information content (AvgIpc) is 2.37. The maximum absolute atomic E-state index is 12.3. The standard InChI is InChI=1S/C15H26N2O3S2/c1-12-7-8-13(11-14(12)17(5)6)22(19,20)16-9-10-21(18)15(2,3)4/h7-8,11,16H,9-10H2,1-6H3/t21-/m0/s1. The Morgan fingerprint density at radius 2 is 1.82 bits per heavy atom. The lowest BCUT2D eigenvalue weighted by molar-refractivity contribution is 0.583. The van der Waals surface area contributed by atoms with Gasteiger partial charge in [0.05, 0.1) is 4.90 Å². The normalized spacial score (nSPS) is 13.9. The number of nitrogens with zero attached hydrogens (tertiary/aromatic N) is 1. The number of hydrogen-bond acceptors (Lipinski definition) is 4. The number of aryl methyl sites for hydroxylation is 1. The molecule has 5 nitrogen and oxygen atoms in total. The molecule has 0 radical (unpaired) electrons. The summed E-state index contributed by atoms with van der Waals surface area (Å²) in [7, 11) is -0.917. The molecule has 1 aromatic rings. The van der Waals surface area contributed by atoms with Gasteiger partial charge >= 0.3 is 0 Å². The van der Waals surface area contributed by atoms with Crippen LogP contribution in [0, 0.1) is 6.92 Å². The molecule has 0 saturated carbocycles. The molecular formula is C15H26N2O3S2. The highest BCUT2D eigenvalue weighted by atomic mass is 32.2. The third-order valence-electron chi connectivity index (χ3n) is 3.24. The van der Waals surface area contributed by atoms with Gasteiger partial charge in [0, 0.05) is 47.6 Å². The van der Waals surface area contributed by atoms with E-state index in [0.29, 0.717) is 5.75 Å². The highest BCUT2D eigenvalue weighted by Gasteiger charge is 2.21. The van der Waals surface area contributed by atoms with E-state index in [9.17, 15) is 12.6 Å². The van der Waals surface area contributed by atoms with Crippen molar-refractivity contribution in [2.24, 2.45) is 0 Å². The molecular weight excluding hydrogens is 320 g/mol. The van der Waals surface area contributed by atoms with Crippen molar-refractivity contribution in [1.29, 1.82) is 0 Å². The van der Waals surface area contributed by atoms with Crippen LogP contribution in [0.25, 0.3) is 0 Å². The fourth-order valence-corrected chi connectivity index (χ4v) is 3.98. The van der Waals surface area contributed by atoms with Crippen LogP contribution >= 0.6 is 0 Å². The minimum absolute atomic E-state index is 0.164. The molecule has 1 rings (SSSR count). The van der Waals surface area contributed by atoms with Gasteiger partial charge in [0.15, 0.2) is 0 Å². The number of rotatable bonds is 6. The van der Waals surface area contributed by atoms with Gasteiger partial charge in [-0.3, -0.25) is 4.21 Å². The van der Waals surface area contributed by atoms with Gasteiger partial charge in [-0.2, -0.15) is 0 Å². The largest absolute Gasteiger partial charge is 0.377 e. The van der Waals surface area contributed by atoms with E-state index in [1.807, 2.05) is 46.7 Å². The Bertz CT molecular complexity index is 647. The van der Waals surface area contributed by atoms with Crippen molar-refractivity contribution < 1.29 is 12.6 Å². The van der Waals surface area contributed by atoms with Crippen molar-refractivity contribution in [2.75, 3.05) is 31.3 Å². The minimum Gasteiger partial charge on any atom is -0.377 e. The monoisotopic (exact) mass is 346 g/mol. The average molecular weight is 347 g/mol. The maximum atomic E-state index is 12.3. The molecule has 1 aromatic carbocycles. The van der Waals surface area contributed by atoms with E-state index in [2.05, 4.69) is 4.72 Å². The molecule has 1 N–H and O–H groups in total. The second kappa shape index (κ2) is 7.10. The fourth-order valence-electron chi connectivity index (χ4n) is 1.90. The van der Waals surface area contributed by atoms with Gasteiger partial charge in [-0.05, 0) is 45.4 Å². The summed E-state index contributed by atoms with van der Waals surface area (Å²) in [6.07, 6.45) is 0. The van der Waals surface area contributed by atoms with E-state index < -0.39 is 20.8 Å². The van der Waals surface area contributed by atoms with Gasteiger partial charge in [0.1, 0.15) is 0 Å². The summed E-state index contributed by atoms with van der Waals surface area (Å²) in [6, 6.07) is 5.03. The zero-order chi connectivity index (χ0) is 17.1. The lowest BCUT2D eigenvalue weighted by Gasteiger charge is -2.18. The summed E-state index contributed by atoms with van der Waals surface area (Å²) in [5.74, 6) is 0.301. The first-order valence-corrected chi connectivity index (χ1v) is 9.91. The zero-order valence-electron chi connectivity index (χ0n) is 14.1. The highest BCUT2D eigenvalue weighted by molar-refractivity contribution is 7.89. The molecule has 7 heteroatoms. The fraction of sp³-hybridized carbons (Fsp3) is 0.600. The molecule has 0 spiro atoms. The summed E-state index contributed by atoms with van der Waals surface area (Å²) in [5.41, 5.74) is 1.87. The SMILES string of the molecule is Cc1ccc(S(=O)(=O)NCC[S@](=O)C(C)(C)C)cc1N(C)C. The van der Waals surface area contributed by atoms with Crippen molar-refractivity contribution >= 4 is 26.5 Å². The third-order valence-corrected chi connectivity index (χ3v) is 6.63. The van der Waals surface area contributed by atoms with Gasteiger partial charge in [-0.15, -0.1) is 0 Å². The quantitative estimate of drug-likeness (QED) is 0.854. The smallest absolute Gasteiger partial charge is 0.240 e. The second-order valence-corrected chi connectivity index (χ2v) is 10.5. The van der Waals surface area contributed by atoms with Gasteiger partial charge in [0.2, 0.25) is 10.0 Å². The summed E-state index contributed by atoms with van der Waals surface area (Å²) in [6.45, 7) is 7.73. The van der Waals surface area contributed by atoms with Crippen molar-refractivity contribution in [3.8, 4) is 0 Å². The Kier molecular flexibility index (Phi) is 6.18. The van der Waals surface area contributed by atoms with Crippen molar-refractivity contribution in [3.05, 3.63) is 23.8 Å². The molecule has 0 bridgehead atoms. The molecule has 0 amide bonds. The van der Waals surface area contributed by atoms with Gasteiger partial charge in [0.25, 0.3) is 0 Å². The van der Waals surface area contributed by atoms with Gasteiger partial charge in [-0.1, -0.05) is 6.07 Å². The number of nitrogens with one attached hydrogen (secondary N) is 1. The molecule has 0 heterocycles. The lowest BCUT2D eigenvalue weighted by atomic mass is 10.2. The van der Waals surface area contributed by atoms with E-state index in [4.69, 9.17) is 0 Å². The molecule has 0 fully saturated rings. The Balaban J connectivity index is 2.84. The second-order valence-electron chi connectivity index (χ2n) is 6.40. The topological polar surface area (TPSA) is 66.5 Å². The third kappa shape index (κ3) is 5.07. The van der Waals surface area contributed by atoms with E-state index in [-0.39, 0.29) is 16.2 Å². The van der Waals surface area contributed by atoms with Crippen LogP contribution in [-0.2, 0) is 20.8 Å². The van der Waals surface area contributed by atoms with Crippen molar-refractivity contribution in [1.82, 2.24) is 4.72 Å². The summed E-state index contributed by atoms with van der Waals surface area (Å²) < 4.78 is 38.8. The first-order chi connectivity index (χ1) is 9.95. The summed E-state index contributed by atoms with van der Waals surface area (Å²) >= 11 is 0. The number of anilines is 1. The number of sulfonamides is 1. The lowest BCUT2D eigenvalue weighted by Crippen LogP contribution is -2.32. The Morgan fingerprint density at radius 1 is 1.23 bits per heavy atom. The van der Waals surface area contributed by atoms with Gasteiger partial charge < -0.3 is 4.90 Å². The maximum Gasteiger partial charge on any atom is 0.240 e. The predicted molar refractivity (Wildman–Crippen MR) is 93.5 cm³/mol. The van der Waals surface area contributed by atoms with Crippen LogP contribution in [-0.4, -0.2) is 43.8 Å². The van der Waals surface area contributed by atoms with Crippen LogP contribution in [0.2, 0.25) is 0 Å². The zero-order valence-corrected chi connectivity index (χ0v) is 15.8. The van der Waals surface area contributed by atoms with Gasteiger partial charge in [-0.25, -0.2) is 13.1 Å². The molecule has 1 atom stereocenters. The van der Waals surface area contributed by atoms with E-state index in [1.165, 1.54) is 0 Å². The number of hydrogen-bond donors (Lipinski definition) is 1. The van der Waals surface area contributed by atoms with Crippen LogP contribution in [0.3, 0.4) is 0 Å². The summed E-state index contributed by atoms with van der Waals surface area (Å²) in [5, 5.41) is 0. The molecule has 0 unspecified atom stereocenters. The molecule has 0 aliphatic heterocycles. The van der Waals surface area contributed by atoms with Crippen LogP contribution < -0.4 is 9.62 Å². The highest BCUT2D eigenvalue weighted by Crippen LogP contribution is 2.22. The minimum atomic E-state index is -3.59. The van der Waals surface area contributed by atoms with Crippen LogP contribution in [0.15, 0.2) is 23.1 Å². The van der Waals surface area contributed by atoms with Crippen molar-refractivity contribution in [3.63, 3.8) is 0 Å². The van der Waals surface area contributed by atoms with Crippen LogP contribution in [0.5, 0.6) is 0 Å². The molecule has 126 valence electrons. The van der Waals surface area contributed by atoms with E-state index in [1.54, 1.807) is 18.2 Å². The summed E-state index contributed by atoms with van der Waals surface area (Å²) in [4.78, 5) is 2.10. The first kappa shape index (κ1) is 19.1. The van der Waals surface area contributed by atoms with Crippen molar-refractivity contribution in [2.45, 2.75) is 37.3 Å². The molecule has 22 heavy (non-hydrogen) atoms. The van der Waals surface area contributed by atoms with E-state index in [0.717, 1.165) is 11.3 Å². The predicted octanol–water partition coefficient (Wildman–Crippen LogP) is 1.89. The molecule has 0 aromatic heterocycles. The Morgan fingerprint density at radius 3 is 2.32 bits per heavy atom.